The van der Waals surface area contributed by atoms with E-state index in [4.69, 9.17) is 0 Å². The molecule has 0 amide bonds. The fourth-order valence-electron chi connectivity index (χ4n) is 1.35. The maximum Gasteiger partial charge on any atom is 0.330 e. The molecule has 0 saturated heterocycles. The first-order valence-corrected chi connectivity index (χ1v) is 6.27. The highest BCUT2D eigenvalue weighted by molar-refractivity contribution is 9.10. The molecule has 0 saturated carbocycles. The summed E-state index contributed by atoms with van der Waals surface area (Å²) in [5.41, 5.74) is 0.792. The molecule has 1 unspecified atom stereocenters. The van der Waals surface area contributed by atoms with E-state index in [9.17, 15) is 22.7 Å². The quantitative estimate of drug-likeness (QED) is 0.769. The molecule has 0 bridgehead atoms. The summed E-state index contributed by atoms with van der Waals surface area (Å²) in [6.45, 7) is -1.82. The van der Waals surface area contributed by atoms with Crippen molar-refractivity contribution in [2.24, 2.45) is 0 Å². The lowest BCUT2D eigenvalue weighted by molar-refractivity contribution is -0.170. The van der Waals surface area contributed by atoms with Crippen LogP contribution < -0.4 is 0 Å². The third-order valence-electron chi connectivity index (χ3n) is 2.31. The molecule has 1 aromatic rings. The van der Waals surface area contributed by atoms with E-state index in [1.807, 2.05) is 0 Å². The van der Waals surface area contributed by atoms with Crippen molar-refractivity contribution in [3.8, 4) is 0 Å². The minimum absolute atomic E-state index is 0.202. The van der Waals surface area contributed by atoms with Crippen molar-refractivity contribution in [1.82, 2.24) is 0 Å². The topological polar surface area (TPSA) is 29.5 Å². The van der Waals surface area contributed by atoms with Gasteiger partial charge in [0, 0.05) is 10.9 Å². The van der Waals surface area contributed by atoms with Crippen molar-refractivity contribution in [3.63, 3.8) is 0 Å². The number of alkyl halides is 4. The molecule has 0 radical (unpaired) electrons. The van der Waals surface area contributed by atoms with E-state index in [2.05, 4.69) is 20.7 Å². The highest BCUT2D eigenvalue weighted by Gasteiger charge is 2.41. The summed E-state index contributed by atoms with van der Waals surface area (Å²) in [6.07, 6.45) is -4.58. The molecule has 1 rings (SSSR count). The van der Waals surface area contributed by atoms with Crippen LogP contribution in [0.3, 0.4) is 0 Å². The Labute approximate surface area is 116 Å². The predicted molar refractivity (Wildman–Crippen MR) is 65.6 cm³/mol. The number of hydrogen-bond donors (Lipinski definition) is 1. The van der Waals surface area contributed by atoms with Crippen LogP contribution in [0, 0.1) is 0 Å². The van der Waals surface area contributed by atoms with Crippen LogP contribution >= 0.6 is 15.9 Å². The molecular weight excluding hydrogens is 332 g/mol. The van der Waals surface area contributed by atoms with Gasteiger partial charge >= 0.3 is 12.3 Å². The van der Waals surface area contributed by atoms with Gasteiger partial charge in [-0.15, -0.1) is 0 Å². The molecule has 108 valence electrons. The number of ether oxygens (including phenoxy) is 1. The summed E-state index contributed by atoms with van der Waals surface area (Å²) in [5, 5.41) is 9.54. The molecule has 0 aliphatic rings. The van der Waals surface area contributed by atoms with Gasteiger partial charge in [-0.2, -0.15) is 8.78 Å². The highest BCUT2D eigenvalue weighted by Crippen LogP contribution is 2.23. The maximum absolute atomic E-state index is 12.5. The molecule has 1 atom stereocenters. The molecule has 19 heavy (non-hydrogen) atoms. The van der Waals surface area contributed by atoms with Gasteiger partial charge in [-0.25, -0.2) is 8.78 Å². The van der Waals surface area contributed by atoms with Gasteiger partial charge in [-0.3, -0.25) is 0 Å². The molecule has 0 heterocycles. The number of aliphatic hydroxyl groups excluding tert-OH is 1. The van der Waals surface area contributed by atoms with Crippen molar-refractivity contribution in [2.45, 2.75) is 24.9 Å². The van der Waals surface area contributed by atoms with E-state index in [0.29, 0.717) is 0 Å². The molecule has 0 aliphatic carbocycles. The first kappa shape index (κ1) is 16.4. The maximum atomic E-state index is 12.5. The van der Waals surface area contributed by atoms with Gasteiger partial charge < -0.3 is 9.84 Å². The average molecular weight is 345 g/mol. The third kappa shape index (κ3) is 5.88. The molecule has 0 fully saturated rings. The zero-order valence-electron chi connectivity index (χ0n) is 9.83. The van der Waals surface area contributed by atoms with Gasteiger partial charge in [-0.1, -0.05) is 28.1 Å². The van der Waals surface area contributed by atoms with Crippen LogP contribution in [-0.4, -0.2) is 36.8 Å². The van der Waals surface area contributed by atoms with Crippen molar-refractivity contribution in [3.05, 3.63) is 34.3 Å². The summed E-state index contributed by atoms with van der Waals surface area (Å²) in [5.74, 6) is -4.18. The van der Waals surface area contributed by atoms with Crippen molar-refractivity contribution >= 4 is 15.9 Å². The predicted octanol–water partition coefficient (Wildman–Crippen LogP) is 3.27. The van der Waals surface area contributed by atoms with E-state index in [1.54, 1.807) is 24.3 Å². The highest BCUT2D eigenvalue weighted by atomic mass is 79.9. The number of rotatable bonds is 7. The normalized spacial score (nSPS) is 13.8. The first-order valence-electron chi connectivity index (χ1n) is 5.47. The lowest BCUT2D eigenvalue weighted by Crippen LogP contribution is -2.34. The van der Waals surface area contributed by atoms with E-state index in [0.717, 1.165) is 10.0 Å². The van der Waals surface area contributed by atoms with Crippen molar-refractivity contribution in [2.75, 3.05) is 13.2 Å². The summed E-state index contributed by atoms with van der Waals surface area (Å²) in [4.78, 5) is 0. The number of aliphatic hydroxyl groups is 1. The van der Waals surface area contributed by atoms with E-state index < -0.39 is 31.7 Å². The van der Waals surface area contributed by atoms with E-state index >= 15 is 0 Å². The Morgan fingerprint density at radius 2 is 1.79 bits per heavy atom. The monoisotopic (exact) mass is 344 g/mol. The Morgan fingerprint density at radius 1 is 1.21 bits per heavy atom. The minimum atomic E-state index is -4.18. The van der Waals surface area contributed by atoms with Crippen LogP contribution in [0.25, 0.3) is 0 Å². The van der Waals surface area contributed by atoms with Gasteiger partial charge in [0.1, 0.15) is 6.61 Å². The average Bonchev–Trinajstić information content (AvgIpc) is 2.31. The first-order chi connectivity index (χ1) is 8.81. The molecule has 1 N–H and O–H groups in total. The number of benzene rings is 1. The second-order valence-corrected chi connectivity index (χ2v) is 4.98. The van der Waals surface area contributed by atoms with Gasteiger partial charge in [0.15, 0.2) is 0 Å². The standard InChI is InChI=1S/C12H13BrF4O2/c13-9-3-1-8(2-4-9)5-10(18)6-19-7-12(16,17)11(14)15/h1-4,10-11,18H,5-7H2. The van der Waals surface area contributed by atoms with Crippen LogP contribution in [0.15, 0.2) is 28.7 Å². The van der Waals surface area contributed by atoms with Gasteiger partial charge in [0.25, 0.3) is 0 Å². The van der Waals surface area contributed by atoms with Gasteiger partial charge in [0.2, 0.25) is 0 Å². The van der Waals surface area contributed by atoms with Crippen LogP contribution in [0.4, 0.5) is 17.6 Å². The number of halogens is 5. The second kappa shape index (κ2) is 7.21. The molecular formula is C12H13BrF4O2. The Kier molecular flexibility index (Phi) is 6.22. The van der Waals surface area contributed by atoms with Crippen LogP contribution in [-0.2, 0) is 11.2 Å². The smallest absolute Gasteiger partial charge is 0.330 e. The van der Waals surface area contributed by atoms with Crippen LogP contribution in [0.2, 0.25) is 0 Å². The van der Waals surface area contributed by atoms with Gasteiger partial charge in [-0.05, 0) is 17.7 Å². The third-order valence-corrected chi connectivity index (χ3v) is 2.84. The molecule has 1 aromatic carbocycles. The Morgan fingerprint density at radius 3 is 2.32 bits per heavy atom. The SMILES string of the molecule is OC(COCC(F)(F)C(F)F)Cc1ccc(Br)cc1. The molecule has 7 heteroatoms. The Balaban J connectivity index is 2.32. The summed E-state index contributed by atoms with van der Waals surface area (Å²) >= 11 is 3.25. The summed E-state index contributed by atoms with van der Waals surface area (Å²) < 4.78 is 54.0. The fraction of sp³-hybridized carbons (Fsp3) is 0.500. The molecule has 0 aliphatic heterocycles. The molecule has 0 aromatic heterocycles. The second-order valence-electron chi connectivity index (χ2n) is 4.06. The zero-order chi connectivity index (χ0) is 14.5. The molecule has 0 spiro atoms. The Bertz CT molecular complexity index is 384. The van der Waals surface area contributed by atoms with E-state index in [1.165, 1.54) is 0 Å². The summed E-state index contributed by atoms with van der Waals surface area (Å²) in [7, 11) is 0. The van der Waals surface area contributed by atoms with Crippen molar-refractivity contribution < 1.29 is 27.4 Å². The zero-order valence-corrected chi connectivity index (χ0v) is 11.4. The van der Waals surface area contributed by atoms with Gasteiger partial charge in [0.05, 0.1) is 12.7 Å². The lowest BCUT2D eigenvalue weighted by Gasteiger charge is -2.17. The number of hydrogen-bond acceptors (Lipinski definition) is 2. The largest absolute Gasteiger partial charge is 0.390 e. The Hall–Kier alpha value is -0.660. The fourth-order valence-corrected chi connectivity index (χ4v) is 1.61. The van der Waals surface area contributed by atoms with Crippen molar-refractivity contribution in [1.29, 1.82) is 0 Å². The minimum Gasteiger partial charge on any atom is -0.390 e. The van der Waals surface area contributed by atoms with Crippen LogP contribution in [0.5, 0.6) is 0 Å². The van der Waals surface area contributed by atoms with E-state index in [-0.39, 0.29) is 6.42 Å². The molecule has 2 nitrogen and oxygen atoms in total. The summed E-state index contributed by atoms with van der Waals surface area (Å²) in [6, 6.07) is 7.05. The van der Waals surface area contributed by atoms with Crippen LogP contribution in [0.1, 0.15) is 5.56 Å². The lowest BCUT2D eigenvalue weighted by atomic mass is 10.1.